The highest BCUT2D eigenvalue weighted by molar-refractivity contribution is 7.80. The summed E-state index contributed by atoms with van der Waals surface area (Å²) >= 11 is 4.89. The van der Waals surface area contributed by atoms with Gasteiger partial charge in [0.15, 0.2) is 0 Å². The Hall–Kier alpha value is -2.01. The number of halogens is 1. The quantitative estimate of drug-likeness (QED) is 0.656. The number of pyridine rings is 1. The van der Waals surface area contributed by atoms with Gasteiger partial charge in [-0.1, -0.05) is 12.2 Å². The summed E-state index contributed by atoms with van der Waals surface area (Å²) in [6, 6.07) is 8.12. The fourth-order valence-corrected chi connectivity index (χ4v) is 1.99. The van der Waals surface area contributed by atoms with Crippen molar-refractivity contribution < 1.29 is 9.13 Å². The third-order valence-electron chi connectivity index (χ3n) is 2.82. The summed E-state index contributed by atoms with van der Waals surface area (Å²) in [7, 11) is 0. The maximum Gasteiger partial charge on any atom is 0.129 e. The monoisotopic (exact) mass is 290 g/mol. The highest BCUT2D eigenvalue weighted by Gasteiger charge is 2.08. The van der Waals surface area contributed by atoms with E-state index in [4.69, 9.17) is 22.7 Å². The van der Waals surface area contributed by atoms with Crippen molar-refractivity contribution in [2.75, 3.05) is 6.61 Å². The van der Waals surface area contributed by atoms with Gasteiger partial charge in [0.2, 0.25) is 0 Å². The maximum atomic E-state index is 13.1. The lowest BCUT2D eigenvalue weighted by Gasteiger charge is -2.10. The second-order valence-electron chi connectivity index (χ2n) is 4.31. The molecule has 0 spiro atoms. The average molecular weight is 290 g/mol. The smallest absolute Gasteiger partial charge is 0.129 e. The zero-order valence-corrected chi connectivity index (χ0v) is 11.7. The van der Waals surface area contributed by atoms with Gasteiger partial charge in [0.1, 0.15) is 16.6 Å². The zero-order chi connectivity index (χ0) is 14.4. The number of aryl methyl sites for hydroxylation is 1. The van der Waals surface area contributed by atoms with Crippen molar-refractivity contribution >= 4 is 17.2 Å². The molecule has 1 aromatic carbocycles. The molecule has 1 aromatic heterocycles. The minimum absolute atomic E-state index is 0.133. The maximum absolute atomic E-state index is 13.1. The van der Waals surface area contributed by atoms with E-state index in [0.717, 1.165) is 12.8 Å². The lowest BCUT2D eigenvalue weighted by atomic mass is 10.1. The minimum atomic E-state index is -0.378. The normalized spacial score (nSPS) is 10.2. The Morgan fingerprint density at radius 3 is 2.70 bits per heavy atom. The number of rotatable bonds is 6. The van der Waals surface area contributed by atoms with Crippen LogP contribution in [-0.2, 0) is 6.42 Å². The molecule has 0 aliphatic heterocycles. The standard InChI is InChI=1S/C15H15FN2OS/c16-12-3-4-14(13(10-12)15(17)20)19-9-1-2-11-5-7-18-8-6-11/h3-8,10H,1-2,9H2,(H2,17,20). The number of thiocarbonyl (C=S) groups is 1. The Kier molecular flexibility index (Phi) is 5.01. The highest BCUT2D eigenvalue weighted by atomic mass is 32.1. The molecule has 2 N–H and O–H groups in total. The van der Waals surface area contributed by atoms with Gasteiger partial charge in [-0.15, -0.1) is 0 Å². The van der Waals surface area contributed by atoms with Crippen molar-refractivity contribution in [2.45, 2.75) is 12.8 Å². The van der Waals surface area contributed by atoms with Crippen molar-refractivity contribution in [1.29, 1.82) is 0 Å². The van der Waals surface area contributed by atoms with Crippen LogP contribution in [0.3, 0.4) is 0 Å². The lowest BCUT2D eigenvalue weighted by molar-refractivity contribution is 0.310. The largest absolute Gasteiger partial charge is 0.493 e. The van der Waals surface area contributed by atoms with E-state index in [1.54, 1.807) is 18.5 Å². The number of hydrogen-bond donors (Lipinski definition) is 1. The van der Waals surface area contributed by atoms with Crippen LogP contribution in [0.25, 0.3) is 0 Å². The summed E-state index contributed by atoms with van der Waals surface area (Å²) in [6.45, 7) is 0.517. The first-order valence-corrected chi connectivity index (χ1v) is 6.68. The Balaban J connectivity index is 1.90. The molecule has 0 amide bonds. The van der Waals surface area contributed by atoms with Crippen LogP contribution in [0.15, 0.2) is 42.7 Å². The minimum Gasteiger partial charge on any atom is -0.493 e. The van der Waals surface area contributed by atoms with Gasteiger partial charge in [0.25, 0.3) is 0 Å². The van der Waals surface area contributed by atoms with Gasteiger partial charge in [-0.2, -0.15) is 0 Å². The summed E-state index contributed by atoms with van der Waals surface area (Å²) in [5, 5.41) is 0. The molecule has 0 fully saturated rings. The van der Waals surface area contributed by atoms with Gasteiger partial charge in [-0.3, -0.25) is 4.98 Å². The first-order valence-electron chi connectivity index (χ1n) is 6.28. The third-order valence-corrected chi connectivity index (χ3v) is 3.04. The van der Waals surface area contributed by atoms with E-state index < -0.39 is 0 Å². The van der Waals surface area contributed by atoms with Crippen LogP contribution in [0.1, 0.15) is 17.5 Å². The van der Waals surface area contributed by atoms with Crippen LogP contribution >= 0.6 is 12.2 Å². The molecule has 2 aromatic rings. The number of nitrogens with two attached hydrogens (primary N) is 1. The molecule has 0 saturated heterocycles. The molecular weight excluding hydrogens is 275 g/mol. The second kappa shape index (κ2) is 6.96. The third kappa shape index (κ3) is 3.99. The molecule has 0 radical (unpaired) electrons. The first-order chi connectivity index (χ1) is 9.66. The van der Waals surface area contributed by atoms with E-state index in [0.29, 0.717) is 17.9 Å². The van der Waals surface area contributed by atoms with E-state index in [1.165, 1.54) is 17.7 Å². The first kappa shape index (κ1) is 14.4. The van der Waals surface area contributed by atoms with Crippen molar-refractivity contribution in [3.05, 3.63) is 59.7 Å². The number of ether oxygens (including phenoxy) is 1. The summed E-state index contributed by atoms with van der Waals surface area (Å²) in [5.41, 5.74) is 7.20. The SMILES string of the molecule is NC(=S)c1cc(F)ccc1OCCCc1ccncc1. The van der Waals surface area contributed by atoms with Gasteiger partial charge in [-0.05, 0) is 48.7 Å². The van der Waals surface area contributed by atoms with Crippen LogP contribution in [0.2, 0.25) is 0 Å². The second-order valence-corrected chi connectivity index (χ2v) is 4.75. The number of benzene rings is 1. The molecule has 3 nitrogen and oxygen atoms in total. The van der Waals surface area contributed by atoms with E-state index in [1.807, 2.05) is 12.1 Å². The molecule has 0 unspecified atom stereocenters. The zero-order valence-electron chi connectivity index (χ0n) is 10.9. The lowest BCUT2D eigenvalue weighted by Crippen LogP contribution is -2.12. The molecule has 0 aliphatic carbocycles. The van der Waals surface area contributed by atoms with Crippen molar-refractivity contribution in [3.63, 3.8) is 0 Å². The van der Waals surface area contributed by atoms with E-state index >= 15 is 0 Å². The Labute approximate surface area is 122 Å². The molecule has 104 valence electrons. The molecule has 5 heteroatoms. The summed E-state index contributed by atoms with van der Waals surface area (Å²) < 4.78 is 18.8. The molecule has 0 aliphatic rings. The van der Waals surface area contributed by atoms with E-state index in [9.17, 15) is 4.39 Å². The summed E-state index contributed by atoms with van der Waals surface area (Å²) in [4.78, 5) is 4.10. The van der Waals surface area contributed by atoms with Crippen LogP contribution < -0.4 is 10.5 Å². The van der Waals surface area contributed by atoms with Gasteiger partial charge in [0.05, 0.1) is 12.2 Å². The Bertz CT molecular complexity index is 590. The van der Waals surface area contributed by atoms with Crippen LogP contribution in [0, 0.1) is 5.82 Å². The Morgan fingerprint density at radius 1 is 1.25 bits per heavy atom. The van der Waals surface area contributed by atoms with E-state index in [2.05, 4.69) is 4.98 Å². The summed E-state index contributed by atoms with van der Waals surface area (Å²) in [6.07, 6.45) is 5.27. The van der Waals surface area contributed by atoms with Crippen LogP contribution in [0.4, 0.5) is 4.39 Å². The molecule has 0 bridgehead atoms. The van der Waals surface area contributed by atoms with Crippen molar-refractivity contribution in [1.82, 2.24) is 4.98 Å². The van der Waals surface area contributed by atoms with Crippen molar-refractivity contribution in [3.8, 4) is 5.75 Å². The molecule has 2 rings (SSSR count). The fraction of sp³-hybridized carbons (Fsp3) is 0.200. The molecule has 1 heterocycles. The molecule has 20 heavy (non-hydrogen) atoms. The predicted octanol–water partition coefficient (Wildman–Crippen LogP) is 2.87. The average Bonchev–Trinajstić information content (AvgIpc) is 2.45. The van der Waals surface area contributed by atoms with Gasteiger partial charge >= 0.3 is 0 Å². The molecule has 0 saturated carbocycles. The van der Waals surface area contributed by atoms with Gasteiger partial charge in [-0.25, -0.2) is 4.39 Å². The fourth-order valence-electron chi connectivity index (χ4n) is 1.83. The van der Waals surface area contributed by atoms with E-state index in [-0.39, 0.29) is 10.8 Å². The molecule has 0 atom stereocenters. The Morgan fingerprint density at radius 2 is 2.00 bits per heavy atom. The van der Waals surface area contributed by atoms with Crippen LogP contribution in [0.5, 0.6) is 5.75 Å². The van der Waals surface area contributed by atoms with Crippen molar-refractivity contribution in [2.24, 2.45) is 5.73 Å². The number of hydrogen-bond acceptors (Lipinski definition) is 3. The number of nitrogens with zero attached hydrogens (tertiary/aromatic N) is 1. The topological polar surface area (TPSA) is 48.1 Å². The number of aromatic nitrogens is 1. The van der Waals surface area contributed by atoms with Gasteiger partial charge in [0, 0.05) is 12.4 Å². The van der Waals surface area contributed by atoms with Crippen LogP contribution in [-0.4, -0.2) is 16.6 Å². The summed E-state index contributed by atoms with van der Waals surface area (Å²) in [5.74, 6) is 0.144. The molecular formula is C15H15FN2OS. The highest BCUT2D eigenvalue weighted by Crippen LogP contribution is 2.20. The van der Waals surface area contributed by atoms with Gasteiger partial charge < -0.3 is 10.5 Å². The predicted molar refractivity (Wildman–Crippen MR) is 80.3 cm³/mol.